The summed E-state index contributed by atoms with van der Waals surface area (Å²) in [6.07, 6.45) is 5.71. The van der Waals surface area contributed by atoms with Crippen LogP contribution in [-0.4, -0.2) is 25.5 Å². The van der Waals surface area contributed by atoms with Crippen LogP contribution in [0.15, 0.2) is 18.2 Å². The predicted molar refractivity (Wildman–Crippen MR) is 76.6 cm³/mol. The molecule has 1 saturated heterocycles. The van der Waals surface area contributed by atoms with E-state index in [1.165, 1.54) is 6.92 Å². The molecular formula is C15H16N2O3. The number of nitrogens with zero attached hydrogens (tertiary/aromatic N) is 1. The standard InChI is InChI=1S/C15H16N2O3/c1-4-11-7-15(19)17(9-11)14-8-12(20-3)5-6-13(14)16-10(2)18/h1,5-6,8,11H,7,9H2,2-3H3,(H,16,18). The normalized spacial score (nSPS) is 17.8. The van der Waals surface area contributed by atoms with E-state index in [9.17, 15) is 9.59 Å². The molecule has 0 aromatic heterocycles. The SMILES string of the molecule is C#CC1CC(=O)N(c2cc(OC)ccc2NC(C)=O)C1. The molecule has 0 radical (unpaired) electrons. The van der Waals surface area contributed by atoms with Crippen molar-refractivity contribution in [2.75, 3.05) is 23.9 Å². The molecular weight excluding hydrogens is 256 g/mol. The number of carbonyl (C=O) groups is 2. The molecule has 1 aromatic carbocycles. The Hall–Kier alpha value is -2.48. The summed E-state index contributed by atoms with van der Waals surface area (Å²) in [5.74, 6) is 2.87. The smallest absolute Gasteiger partial charge is 0.228 e. The van der Waals surface area contributed by atoms with Crippen molar-refractivity contribution < 1.29 is 14.3 Å². The zero-order valence-corrected chi connectivity index (χ0v) is 11.5. The van der Waals surface area contributed by atoms with Crippen LogP contribution in [0.5, 0.6) is 5.75 Å². The van der Waals surface area contributed by atoms with Gasteiger partial charge < -0.3 is 15.0 Å². The molecule has 2 rings (SSSR count). The highest BCUT2D eigenvalue weighted by atomic mass is 16.5. The van der Waals surface area contributed by atoms with E-state index in [4.69, 9.17) is 11.2 Å². The zero-order valence-electron chi connectivity index (χ0n) is 11.5. The fourth-order valence-electron chi connectivity index (χ4n) is 2.21. The van der Waals surface area contributed by atoms with Gasteiger partial charge in [-0.3, -0.25) is 9.59 Å². The molecule has 1 aliphatic heterocycles. The predicted octanol–water partition coefficient (Wildman–Crippen LogP) is 1.64. The first kappa shape index (κ1) is 13.9. The Labute approximate surface area is 117 Å². The van der Waals surface area contributed by atoms with Gasteiger partial charge in [-0.1, -0.05) is 0 Å². The van der Waals surface area contributed by atoms with E-state index in [1.807, 2.05) is 0 Å². The lowest BCUT2D eigenvalue weighted by Gasteiger charge is -2.20. The van der Waals surface area contributed by atoms with Crippen molar-refractivity contribution in [3.63, 3.8) is 0 Å². The molecule has 1 aliphatic rings. The first-order valence-corrected chi connectivity index (χ1v) is 6.27. The molecule has 1 fully saturated rings. The molecule has 1 aromatic rings. The highest BCUT2D eigenvalue weighted by Gasteiger charge is 2.31. The lowest BCUT2D eigenvalue weighted by Crippen LogP contribution is -2.26. The molecule has 2 amide bonds. The summed E-state index contributed by atoms with van der Waals surface area (Å²) >= 11 is 0. The zero-order chi connectivity index (χ0) is 14.7. The van der Waals surface area contributed by atoms with Crippen LogP contribution in [0, 0.1) is 18.3 Å². The van der Waals surface area contributed by atoms with Gasteiger partial charge in [0.1, 0.15) is 5.75 Å². The highest BCUT2D eigenvalue weighted by molar-refractivity contribution is 6.02. The van der Waals surface area contributed by atoms with Crippen LogP contribution in [0.3, 0.4) is 0 Å². The number of hydrogen-bond donors (Lipinski definition) is 1. The third-order valence-electron chi connectivity index (χ3n) is 3.17. The largest absolute Gasteiger partial charge is 0.497 e. The number of ether oxygens (including phenoxy) is 1. The molecule has 1 unspecified atom stereocenters. The quantitative estimate of drug-likeness (QED) is 0.851. The number of nitrogens with one attached hydrogen (secondary N) is 1. The highest BCUT2D eigenvalue weighted by Crippen LogP contribution is 2.34. The molecule has 1 atom stereocenters. The van der Waals surface area contributed by atoms with Crippen molar-refractivity contribution in [2.24, 2.45) is 5.92 Å². The summed E-state index contributed by atoms with van der Waals surface area (Å²) in [7, 11) is 1.55. The van der Waals surface area contributed by atoms with E-state index in [-0.39, 0.29) is 17.7 Å². The van der Waals surface area contributed by atoms with Crippen LogP contribution in [0.2, 0.25) is 0 Å². The molecule has 0 spiro atoms. The van der Waals surface area contributed by atoms with E-state index in [1.54, 1.807) is 30.2 Å². The van der Waals surface area contributed by atoms with E-state index >= 15 is 0 Å². The Bertz CT molecular complexity index is 589. The number of methoxy groups -OCH3 is 1. The number of amides is 2. The molecule has 20 heavy (non-hydrogen) atoms. The van der Waals surface area contributed by atoms with Crippen LogP contribution < -0.4 is 15.0 Å². The Morgan fingerprint density at radius 2 is 2.30 bits per heavy atom. The van der Waals surface area contributed by atoms with Gasteiger partial charge in [-0.25, -0.2) is 0 Å². The number of rotatable bonds is 3. The molecule has 0 bridgehead atoms. The maximum absolute atomic E-state index is 12.1. The molecule has 104 valence electrons. The van der Waals surface area contributed by atoms with E-state index < -0.39 is 0 Å². The third kappa shape index (κ3) is 2.75. The van der Waals surface area contributed by atoms with Gasteiger partial charge in [0.05, 0.1) is 18.5 Å². The first-order valence-electron chi connectivity index (χ1n) is 6.27. The minimum atomic E-state index is -0.198. The van der Waals surface area contributed by atoms with Crippen molar-refractivity contribution in [1.82, 2.24) is 0 Å². The van der Waals surface area contributed by atoms with Gasteiger partial charge in [0.2, 0.25) is 11.8 Å². The van der Waals surface area contributed by atoms with Gasteiger partial charge in [0.25, 0.3) is 0 Å². The Balaban J connectivity index is 2.40. The van der Waals surface area contributed by atoms with Crippen LogP contribution in [0.1, 0.15) is 13.3 Å². The monoisotopic (exact) mass is 272 g/mol. The van der Waals surface area contributed by atoms with Crippen molar-refractivity contribution in [3.8, 4) is 18.1 Å². The molecule has 0 saturated carbocycles. The van der Waals surface area contributed by atoms with Crippen LogP contribution in [0.4, 0.5) is 11.4 Å². The second-order valence-corrected chi connectivity index (χ2v) is 4.64. The lowest BCUT2D eigenvalue weighted by molar-refractivity contribution is -0.117. The Morgan fingerprint density at radius 1 is 1.55 bits per heavy atom. The van der Waals surface area contributed by atoms with E-state index in [2.05, 4.69) is 11.2 Å². The van der Waals surface area contributed by atoms with Gasteiger partial charge in [-0.15, -0.1) is 12.3 Å². The second kappa shape index (κ2) is 5.66. The van der Waals surface area contributed by atoms with Crippen molar-refractivity contribution in [2.45, 2.75) is 13.3 Å². The number of hydrogen-bond acceptors (Lipinski definition) is 3. The fourth-order valence-corrected chi connectivity index (χ4v) is 2.21. The van der Waals surface area contributed by atoms with E-state index in [0.717, 1.165) is 0 Å². The Kier molecular flexibility index (Phi) is 3.94. The minimum absolute atomic E-state index is 0.0483. The fraction of sp³-hybridized carbons (Fsp3) is 0.333. The second-order valence-electron chi connectivity index (χ2n) is 4.64. The minimum Gasteiger partial charge on any atom is -0.497 e. The molecule has 1 N–H and O–H groups in total. The van der Waals surface area contributed by atoms with Crippen LogP contribution in [-0.2, 0) is 9.59 Å². The summed E-state index contributed by atoms with van der Waals surface area (Å²) in [5.41, 5.74) is 1.19. The van der Waals surface area contributed by atoms with Crippen LogP contribution >= 0.6 is 0 Å². The lowest BCUT2D eigenvalue weighted by atomic mass is 10.1. The number of benzene rings is 1. The number of terminal acetylenes is 1. The summed E-state index contributed by atoms with van der Waals surface area (Å²) in [6, 6.07) is 5.17. The van der Waals surface area contributed by atoms with Crippen LogP contribution in [0.25, 0.3) is 0 Å². The van der Waals surface area contributed by atoms with Gasteiger partial charge in [0.15, 0.2) is 0 Å². The maximum atomic E-state index is 12.1. The topological polar surface area (TPSA) is 58.6 Å². The molecule has 1 heterocycles. The summed E-state index contributed by atoms with van der Waals surface area (Å²) in [5, 5.41) is 2.71. The van der Waals surface area contributed by atoms with Crippen molar-refractivity contribution >= 4 is 23.2 Å². The molecule has 5 heteroatoms. The average molecular weight is 272 g/mol. The summed E-state index contributed by atoms with van der Waals surface area (Å²) in [6.45, 7) is 1.87. The average Bonchev–Trinajstić information content (AvgIpc) is 2.80. The van der Waals surface area contributed by atoms with Gasteiger partial charge in [0, 0.05) is 31.9 Å². The van der Waals surface area contributed by atoms with Gasteiger partial charge in [-0.05, 0) is 12.1 Å². The molecule has 0 aliphatic carbocycles. The number of carbonyl (C=O) groups excluding carboxylic acids is 2. The summed E-state index contributed by atoms with van der Waals surface area (Å²) < 4.78 is 5.17. The maximum Gasteiger partial charge on any atom is 0.228 e. The van der Waals surface area contributed by atoms with Gasteiger partial charge >= 0.3 is 0 Å². The summed E-state index contributed by atoms with van der Waals surface area (Å²) in [4.78, 5) is 24.9. The third-order valence-corrected chi connectivity index (χ3v) is 3.17. The number of anilines is 2. The molecule has 5 nitrogen and oxygen atoms in total. The van der Waals surface area contributed by atoms with Crippen molar-refractivity contribution in [1.29, 1.82) is 0 Å². The van der Waals surface area contributed by atoms with Gasteiger partial charge in [-0.2, -0.15) is 0 Å². The van der Waals surface area contributed by atoms with Crippen molar-refractivity contribution in [3.05, 3.63) is 18.2 Å². The Morgan fingerprint density at radius 3 is 2.85 bits per heavy atom. The first-order chi connectivity index (χ1) is 9.55. The van der Waals surface area contributed by atoms with E-state index in [0.29, 0.717) is 30.1 Å².